The van der Waals surface area contributed by atoms with Crippen molar-refractivity contribution in [2.75, 3.05) is 0 Å². The van der Waals surface area contributed by atoms with Crippen molar-refractivity contribution in [2.24, 2.45) is 0 Å². The molecule has 0 amide bonds. The fourth-order valence-corrected chi connectivity index (χ4v) is 0.493. The summed E-state index contributed by atoms with van der Waals surface area (Å²) in [6.45, 7) is 4.49. The highest BCUT2D eigenvalue weighted by atomic mass is 19.3. The predicted octanol–water partition coefficient (Wildman–Crippen LogP) is 2.23. The van der Waals surface area contributed by atoms with E-state index >= 15 is 0 Å². The van der Waals surface area contributed by atoms with E-state index in [1.165, 1.54) is 26.7 Å². The van der Waals surface area contributed by atoms with Gasteiger partial charge in [-0.2, -0.15) is 8.78 Å². The lowest BCUT2D eigenvalue weighted by Gasteiger charge is -2.17. The lowest BCUT2D eigenvalue weighted by molar-refractivity contribution is -0.147. The van der Waals surface area contributed by atoms with Crippen molar-refractivity contribution in [3.05, 3.63) is 0 Å². The lowest BCUT2D eigenvalue weighted by atomic mass is 10.2. The molecule has 0 aliphatic rings. The average molecular weight is 226 g/mol. The second-order valence-electron chi connectivity index (χ2n) is 3.68. The topological polar surface area (TPSA) is 26.3 Å². The highest BCUT2D eigenvalue weighted by Gasteiger charge is 2.38. The summed E-state index contributed by atoms with van der Waals surface area (Å²) < 4.78 is 52.1. The largest absolute Gasteiger partial charge is 0.450 e. The molecule has 0 unspecified atom stereocenters. The maximum absolute atomic E-state index is 12.2. The fraction of sp³-hybridized carbons (Fsp3) is 0.667. The average Bonchev–Trinajstić information content (AvgIpc) is 1.97. The van der Waals surface area contributed by atoms with Crippen LogP contribution in [0.3, 0.4) is 0 Å². The van der Waals surface area contributed by atoms with Gasteiger partial charge >= 0.3 is 18.3 Å². The molecule has 0 aromatic heterocycles. The number of hydrogen-bond acceptors (Lipinski definition) is 2. The minimum atomic E-state index is -4.49. The first-order valence-corrected chi connectivity index (χ1v) is 3.97. The normalized spacial score (nSPS) is 12.0. The number of ether oxygens (including phenoxy) is 1. The van der Waals surface area contributed by atoms with Gasteiger partial charge in [0, 0.05) is 5.92 Å². The van der Waals surface area contributed by atoms with Crippen LogP contribution in [0.4, 0.5) is 17.6 Å². The van der Waals surface area contributed by atoms with Gasteiger partial charge in [0.1, 0.15) is 5.60 Å². The molecule has 0 bridgehead atoms. The minimum Gasteiger partial charge on any atom is -0.450 e. The van der Waals surface area contributed by atoms with Crippen molar-refractivity contribution < 1.29 is 27.1 Å². The number of carbonyl (C=O) groups is 1. The van der Waals surface area contributed by atoms with Crippen molar-refractivity contribution in [3.8, 4) is 11.8 Å². The standard InChI is InChI=1S/C9H10F4O2/c1-8(2,3)15-6(14)4-5-9(12,13)7(10)11/h7H,1-3H3. The molecule has 0 spiro atoms. The molecule has 0 aliphatic heterocycles. The summed E-state index contributed by atoms with van der Waals surface area (Å²) in [6.07, 6.45) is -3.92. The van der Waals surface area contributed by atoms with Gasteiger partial charge in [0.2, 0.25) is 0 Å². The smallest absolute Gasteiger partial charge is 0.385 e. The number of esters is 1. The van der Waals surface area contributed by atoms with Crippen LogP contribution in [-0.4, -0.2) is 23.9 Å². The van der Waals surface area contributed by atoms with Crippen molar-refractivity contribution in [3.63, 3.8) is 0 Å². The Morgan fingerprint density at radius 2 is 1.73 bits per heavy atom. The molecule has 6 heteroatoms. The zero-order valence-electron chi connectivity index (χ0n) is 8.41. The highest BCUT2D eigenvalue weighted by molar-refractivity contribution is 5.88. The van der Waals surface area contributed by atoms with Gasteiger partial charge in [-0.25, -0.2) is 13.6 Å². The minimum absolute atomic E-state index is 0.873. The highest BCUT2D eigenvalue weighted by Crippen LogP contribution is 2.21. The van der Waals surface area contributed by atoms with Crippen molar-refractivity contribution >= 4 is 5.97 Å². The number of hydrogen-bond donors (Lipinski definition) is 0. The first-order chi connectivity index (χ1) is 6.54. The molecule has 0 aliphatic carbocycles. The molecule has 15 heavy (non-hydrogen) atoms. The molecular weight excluding hydrogens is 216 g/mol. The Morgan fingerprint density at radius 1 is 1.27 bits per heavy atom. The number of halogens is 4. The number of alkyl halides is 4. The zero-order chi connectivity index (χ0) is 12.3. The fourth-order valence-electron chi connectivity index (χ4n) is 0.493. The molecule has 0 aromatic carbocycles. The SMILES string of the molecule is CC(C)(C)OC(=O)C#CC(F)(F)C(F)F. The number of carbonyl (C=O) groups excluding carboxylic acids is 1. The third-order valence-electron chi connectivity index (χ3n) is 1.00. The Labute approximate surface area is 84.6 Å². The van der Waals surface area contributed by atoms with Crippen LogP contribution in [0.15, 0.2) is 0 Å². The van der Waals surface area contributed by atoms with Crippen LogP contribution in [0.5, 0.6) is 0 Å². The van der Waals surface area contributed by atoms with Gasteiger partial charge in [-0.15, -0.1) is 0 Å². The molecule has 0 radical (unpaired) electrons. The third kappa shape index (κ3) is 5.94. The van der Waals surface area contributed by atoms with Crippen molar-refractivity contribution in [1.82, 2.24) is 0 Å². The predicted molar refractivity (Wildman–Crippen MR) is 44.6 cm³/mol. The van der Waals surface area contributed by atoms with E-state index in [9.17, 15) is 22.4 Å². The van der Waals surface area contributed by atoms with Crippen LogP contribution in [-0.2, 0) is 9.53 Å². The summed E-state index contributed by atoms with van der Waals surface area (Å²) in [4.78, 5) is 10.8. The molecule has 0 saturated heterocycles. The molecule has 0 heterocycles. The summed E-state index contributed by atoms with van der Waals surface area (Å²) in [5.41, 5.74) is -0.897. The third-order valence-corrected chi connectivity index (χ3v) is 1.00. The molecule has 0 atom stereocenters. The molecule has 0 aromatic rings. The van der Waals surface area contributed by atoms with Crippen LogP contribution in [0.1, 0.15) is 20.8 Å². The molecule has 0 rings (SSSR count). The van der Waals surface area contributed by atoms with Gasteiger partial charge in [-0.1, -0.05) is 0 Å². The second-order valence-corrected chi connectivity index (χ2v) is 3.68. The Morgan fingerprint density at radius 3 is 2.07 bits per heavy atom. The van der Waals surface area contributed by atoms with Crippen LogP contribution in [0, 0.1) is 11.8 Å². The summed E-state index contributed by atoms with van der Waals surface area (Å²) in [5, 5.41) is 0. The van der Waals surface area contributed by atoms with Gasteiger partial charge in [0.25, 0.3) is 0 Å². The lowest BCUT2D eigenvalue weighted by Crippen LogP contribution is -2.26. The molecule has 0 fully saturated rings. The zero-order valence-corrected chi connectivity index (χ0v) is 8.41. The quantitative estimate of drug-likeness (QED) is 0.296. The molecule has 0 N–H and O–H groups in total. The van der Waals surface area contributed by atoms with E-state index in [0.717, 1.165) is 5.92 Å². The van der Waals surface area contributed by atoms with E-state index in [1.54, 1.807) is 0 Å². The van der Waals surface area contributed by atoms with Gasteiger partial charge in [-0.3, -0.25) is 0 Å². The summed E-state index contributed by atoms with van der Waals surface area (Å²) in [6, 6.07) is 0. The monoisotopic (exact) mass is 226 g/mol. The van der Waals surface area contributed by atoms with Crippen LogP contribution < -0.4 is 0 Å². The van der Waals surface area contributed by atoms with Gasteiger partial charge in [0.05, 0.1) is 0 Å². The van der Waals surface area contributed by atoms with E-state index in [2.05, 4.69) is 4.74 Å². The first kappa shape index (κ1) is 13.8. The number of rotatable bonds is 1. The van der Waals surface area contributed by atoms with Gasteiger partial charge in [0.15, 0.2) is 0 Å². The van der Waals surface area contributed by atoms with Crippen LogP contribution in [0.2, 0.25) is 0 Å². The maximum atomic E-state index is 12.2. The Hall–Kier alpha value is -1.25. The Bertz CT molecular complexity index is 293. The van der Waals surface area contributed by atoms with Gasteiger partial charge in [-0.05, 0) is 26.7 Å². The van der Waals surface area contributed by atoms with E-state index < -0.39 is 23.9 Å². The van der Waals surface area contributed by atoms with E-state index in [1.807, 2.05) is 0 Å². The summed E-state index contributed by atoms with van der Waals surface area (Å²) in [5.74, 6) is -3.56. The first-order valence-electron chi connectivity index (χ1n) is 3.97. The van der Waals surface area contributed by atoms with Crippen molar-refractivity contribution in [2.45, 2.75) is 38.7 Å². The second kappa shape index (κ2) is 4.51. The van der Waals surface area contributed by atoms with E-state index in [-0.39, 0.29) is 0 Å². The summed E-state index contributed by atoms with van der Waals surface area (Å²) >= 11 is 0. The molecule has 86 valence electrons. The molecule has 2 nitrogen and oxygen atoms in total. The van der Waals surface area contributed by atoms with Gasteiger partial charge < -0.3 is 4.74 Å². The maximum Gasteiger partial charge on any atom is 0.385 e. The van der Waals surface area contributed by atoms with E-state index in [0.29, 0.717) is 0 Å². The summed E-state index contributed by atoms with van der Waals surface area (Å²) in [7, 11) is 0. The van der Waals surface area contributed by atoms with Crippen molar-refractivity contribution in [1.29, 1.82) is 0 Å². The van der Waals surface area contributed by atoms with Crippen LogP contribution >= 0.6 is 0 Å². The Balaban J connectivity index is 4.49. The van der Waals surface area contributed by atoms with Crippen LogP contribution in [0.25, 0.3) is 0 Å². The molecule has 0 saturated carbocycles. The molecular formula is C9H10F4O2. The Kier molecular flexibility index (Phi) is 4.14. The van der Waals surface area contributed by atoms with E-state index in [4.69, 9.17) is 0 Å².